The molecule has 5 rings (SSSR count). The lowest BCUT2D eigenvalue weighted by Crippen LogP contribution is -2.02. The number of nitrogens with zero attached hydrogens (tertiary/aromatic N) is 3. The quantitative estimate of drug-likeness (QED) is 0.449. The van der Waals surface area contributed by atoms with E-state index >= 15 is 0 Å². The number of imidazole rings is 1. The lowest BCUT2D eigenvalue weighted by molar-refractivity contribution is 0.0601. The van der Waals surface area contributed by atoms with Crippen LogP contribution in [0.1, 0.15) is 10.4 Å². The average molecular weight is 383 g/mol. The van der Waals surface area contributed by atoms with Crippen molar-refractivity contribution in [2.75, 3.05) is 12.4 Å². The van der Waals surface area contributed by atoms with Crippen molar-refractivity contribution in [1.29, 1.82) is 0 Å². The van der Waals surface area contributed by atoms with E-state index in [2.05, 4.69) is 33.5 Å². The summed E-state index contributed by atoms with van der Waals surface area (Å²) in [5, 5.41) is 9.09. The summed E-state index contributed by atoms with van der Waals surface area (Å²) in [6, 6.07) is 19.1. The van der Waals surface area contributed by atoms with Crippen molar-refractivity contribution in [3.8, 4) is 11.3 Å². The Bertz CT molecular complexity index is 1330. The first-order valence-electron chi connectivity index (χ1n) is 9.09. The normalized spacial score (nSPS) is 11.1. The SMILES string of the molecule is COC(=O)c1ccc(Nc2ccc3ncc(-c4ccc5[nH]ccc5c4)n3n2)cc1. The minimum Gasteiger partial charge on any atom is -0.465 e. The molecule has 3 aromatic heterocycles. The molecule has 0 spiro atoms. The summed E-state index contributed by atoms with van der Waals surface area (Å²) in [7, 11) is 1.37. The molecule has 0 unspecified atom stereocenters. The maximum atomic E-state index is 11.6. The summed E-state index contributed by atoms with van der Waals surface area (Å²) in [6.07, 6.45) is 3.75. The van der Waals surface area contributed by atoms with E-state index in [9.17, 15) is 4.79 Å². The number of carbonyl (C=O) groups is 1. The Hall–Kier alpha value is -4.13. The van der Waals surface area contributed by atoms with Crippen LogP contribution in [0.15, 0.2) is 73.1 Å². The second kappa shape index (κ2) is 6.79. The molecular weight excluding hydrogens is 366 g/mol. The van der Waals surface area contributed by atoms with Gasteiger partial charge in [0.15, 0.2) is 11.5 Å². The van der Waals surface area contributed by atoms with Crippen LogP contribution in [0.4, 0.5) is 11.5 Å². The molecule has 0 aliphatic carbocycles. The number of benzene rings is 2. The summed E-state index contributed by atoms with van der Waals surface area (Å²) < 4.78 is 6.55. The summed E-state index contributed by atoms with van der Waals surface area (Å²) in [6.45, 7) is 0. The van der Waals surface area contributed by atoms with Crippen molar-refractivity contribution in [2.45, 2.75) is 0 Å². The minimum atomic E-state index is -0.362. The number of methoxy groups -OCH3 is 1. The molecule has 2 aromatic carbocycles. The molecule has 0 fully saturated rings. The molecule has 0 saturated heterocycles. The molecule has 142 valence electrons. The van der Waals surface area contributed by atoms with Gasteiger partial charge in [-0.2, -0.15) is 0 Å². The van der Waals surface area contributed by atoms with E-state index in [0.29, 0.717) is 11.4 Å². The number of aromatic nitrogens is 4. The number of carbonyl (C=O) groups excluding carboxylic acids is 1. The zero-order chi connectivity index (χ0) is 19.8. The number of hydrogen-bond donors (Lipinski definition) is 2. The van der Waals surface area contributed by atoms with Gasteiger partial charge in [0.25, 0.3) is 0 Å². The van der Waals surface area contributed by atoms with Gasteiger partial charge in [-0.15, -0.1) is 5.10 Å². The van der Waals surface area contributed by atoms with Crippen molar-refractivity contribution in [1.82, 2.24) is 19.6 Å². The van der Waals surface area contributed by atoms with Gasteiger partial charge in [0.1, 0.15) is 0 Å². The fraction of sp³-hybridized carbons (Fsp3) is 0.0455. The molecular formula is C22H17N5O2. The first-order valence-corrected chi connectivity index (χ1v) is 9.09. The monoisotopic (exact) mass is 383 g/mol. The van der Waals surface area contributed by atoms with Gasteiger partial charge in [0, 0.05) is 28.4 Å². The van der Waals surface area contributed by atoms with Crippen molar-refractivity contribution < 1.29 is 9.53 Å². The van der Waals surface area contributed by atoms with Crippen LogP contribution in [-0.4, -0.2) is 32.7 Å². The number of hydrogen-bond acceptors (Lipinski definition) is 5. The van der Waals surface area contributed by atoms with Gasteiger partial charge in [-0.3, -0.25) is 0 Å². The molecule has 5 aromatic rings. The van der Waals surface area contributed by atoms with E-state index < -0.39 is 0 Å². The van der Waals surface area contributed by atoms with E-state index in [1.807, 2.05) is 47.2 Å². The number of esters is 1. The fourth-order valence-corrected chi connectivity index (χ4v) is 3.30. The van der Waals surface area contributed by atoms with Gasteiger partial charge < -0.3 is 15.0 Å². The molecule has 3 heterocycles. The van der Waals surface area contributed by atoms with Crippen molar-refractivity contribution in [3.05, 3.63) is 78.6 Å². The highest BCUT2D eigenvalue weighted by atomic mass is 16.5. The third-order valence-corrected chi connectivity index (χ3v) is 4.79. The molecule has 0 bridgehead atoms. The molecule has 2 N–H and O–H groups in total. The van der Waals surface area contributed by atoms with Gasteiger partial charge >= 0.3 is 5.97 Å². The van der Waals surface area contributed by atoms with Gasteiger partial charge in [0.05, 0.1) is 24.6 Å². The molecule has 0 atom stereocenters. The Morgan fingerprint density at radius 1 is 1.07 bits per heavy atom. The summed E-state index contributed by atoms with van der Waals surface area (Å²) >= 11 is 0. The number of rotatable bonds is 4. The van der Waals surface area contributed by atoms with Crippen molar-refractivity contribution in [3.63, 3.8) is 0 Å². The lowest BCUT2D eigenvalue weighted by Gasteiger charge is -2.08. The van der Waals surface area contributed by atoms with Crippen LogP contribution in [0.3, 0.4) is 0 Å². The second-order valence-electron chi connectivity index (χ2n) is 6.61. The van der Waals surface area contributed by atoms with Crippen LogP contribution in [0, 0.1) is 0 Å². The first-order chi connectivity index (χ1) is 14.2. The molecule has 7 heteroatoms. The number of H-pyrrole nitrogens is 1. The van der Waals surface area contributed by atoms with E-state index in [4.69, 9.17) is 9.84 Å². The van der Waals surface area contributed by atoms with E-state index in [1.54, 1.807) is 12.1 Å². The highest BCUT2D eigenvalue weighted by molar-refractivity contribution is 5.89. The Kier molecular flexibility index (Phi) is 3.98. The second-order valence-corrected chi connectivity index (χ2v) is 6.61. The maximum Gasteiger partial charge on any atom is 0.337 e. The number of fused-ring (bicyclic) bond motifs is 2. The van der Waals surface area contributed by atoms with Crippen LogP contribution in [0.5, 0.6) is 0 Å². The average Bonchev–Trinajstić information content (AvgIpc) is 3.39. The van der Waals surface area contributed by atoms with Gasteiger partial charge in [-0.05, 0) is 54.6 Å². The Morgan fingerprint density at radius 3 is 2.76 bits per heavy atom. The molecule has 0 saturated carbocycles. The predicted molar refractivity (Wildman–Crippen MR) is 111 cm³/mol. The molecule has 7 nitrogen and oxygen atoms in total. The number of ether oxygens (including phenoxy) is 1. The van der Waals surface area contributed by atoms with Crippen molar-refractivity contribution in [2.24, 2.45) is 0 Å². The molecule has 0 radical (unpaired) electrons. The zero-order valence-corrected chi connectivity index (χ0v) is 15.6. The lowest BCUT2D eigenvalue weighted by atomic mass is 10.1. The number of aromatic amines is 1. The fourth-order valence-electron chi connectivity index (χ4n) is 3.30. The Morgan fingerprint density at radius 2 is 1.93 bits per heavy atom. The van der Waals surface area contributed by atoms with E-state index in [0.717, 1.165) is 33.5 Å². The molecule has 0 aliphatic heterocycles. The molecule has 29 heavy (non-hydrogen) atoms. The zero-order valence-electron chi connectivity index (χ0n) is 15.6. The Balaban J connectivity index is 1.48. The summed E-state index contributed by atoms with van der Waals surface area (Å²) in [5.41, 5.74) is 5.12. The van der Waals surface area contributed by atoms with Gasteiger partial charge in [0.2, 0.25) is 0 Å². The number of nitrogens with one attached hydrogen (secondary N) is 2. The highest BCUT2D eigenvalue weighted by Crippen LogP contribution is 2.25. The van der Waals surface area contributed by atoms with Gasteiger partial charge in [-0.1, -0.05) is 6.07 Å². The summed E-state index contributed by atoms with van der Waals surface area (Å²) in [5.74, 6) is 0.309. The number of anilines is 2. The van der Waals surface area contributed by atoms with Crippen molar-refractivity contribution >= 4 is 34.0 Å². The predicted octanol–water partition coefficient (Wildman–Crippen LogP) is 4.41. The van der Waals surface area contributed by atoms with Crippen LogP contribution in [0.25, 0.3) is 27.8 Å². The van der Waals surface area contributed by atoms with Crippen LogP contribution in [-0.2, 0) is 4.74 Å². The largest absolute Gasteiger partial charge is 0.465 e. The highest BCUT2D eigenvalue weighted by Gasteiger charge is 2.10. The van der Waals surface area contributed by atoms with Crippen LogP contribution in [0.2, 0.25) is 0 Å². The standard InChI is InChI=1S/C22H17N5O2/c1-29-22(28)14-2-5-17(6-3-14)25-20-8-9-21-24-13-19(27(21)26-20)16-4-7-18-15(12-16)10-11-23-18/h2-13,23H,1H3,(H,25,26). The third-order valence-electron chi connectivity index (χ3n) is 4.79. The first kappa shape index (κ1) is 17.0. The summed E-state index contributed by atoms with van der Waals surface area (Å²) in [4.78, 5) is 19.2. The van der Waals surface area contributed by atoms with Gasteiger partial charge in [-0.25, -0.2) is 14.3 Å². The topological polar surface area (TPSA) is 84.3 Å². The molecule has 0 amide bonds. The van der Waals surface area contributed by atoms with Crippen LogP contribution < -0.4 is 5.32 Å². The smallest absolute Gasteiger partial charge is 0.337 e. The van der Waals surface area contributed by atoms with E-state index in [1.165, 1.54) is 7.11 Å². The molecule has 0 aliphatic rings. The third kappa shape index (κ3) is 3.08. The minimum absolute atomic E-state index is 0.362. The van der Waals surface area contributed by atoms with E-state index in [-0.39, 0.29) is 5.97 Å². The van der Waals surface area contributed by atoms with Crippen LogP contribution >= 0.6 is 0 Å². The maximum absolute atomic E-state index is 11.6. The Labute approximate surface area is 166 Å².